The molecular weight excluding hydrogens is 455 g/mol. The molecule has 9 heteroatoms. The van der Waals surface area contributed by atoms with Gasteiger partial charge in [0.1, 0.15) is 0 Å². The predicted octanol–water partition coefficient (Wildman–Crippen LogP) is 5.13. The fraction of sp³-hybridized carbons (Fsp3) is 0.308. The number of piperazine rings is 1. The number of anilines is 1. The van der Waals surface area contributed by atoms with Gasteiger partial charge in [0.25, 0.3) is 5.89 Å². The van der Waals surface area contributed by atoms with E-state index in [-0.39, 0.29) is 5.82 Å². The second-order valence-corrected chi connectivity index (χ2v) is 8.83. The van der Waals surface area contributed by atoms with Crippen molar-refractivity contribution in [1.29, 1.82) is 0 Å². The molecule has 0 bridgehead atoms. The van der Waals surface area contributed by atoms with Gasteiger partial charge in [-0.1, -0.05) is 35.5 Å². The van der Waals surface area contributed by atoms with E-state index >= 15 is 0 Å². The van der Waals surface area contributed by atoms with E-state index < -0.39 is 11.7 Å². The minimum Gasteiger partial charge on any atom is -0.368 e. The number of likely N-dealkylation sites (N-methyl/N-ethyl adjacent to an activating group) is 1. The molecule has 2 aromatic heterocycles. The van der Waals surface area contributed by atoms with Crippen LogP contribution in [0.25, 0.3) is 22.8 Å². The smallest absolute Gasteiger partial charge is 0.368 e. The molecule has 1 aliphatic heterocycles. The molecule has 2 aromatic carbocycles. The van der Waals surface area contributed by atoms with Gasteiger partial charge < -0.3 is 18.9 Å². The largest absolute Gasteiger partial charge is 0.416 e. The van der Waals surface area contributed by atoms with Crippen LogP contribution in [0.2, 0.25) is 0 Å². The van der Waals surface area contributed by atoms with Crippen LogP contribution in [0.1, 0.15) is 16.8 Å². The lowest BCUT2D eigenvalue weighted by atomic mass is 10.1. The number of para-hydroxylation sites is 1. The van der Waals surface area contributed by atoms with Gasteiger partial charge in [-0.3, -0.25) is 0 Å². The Balaban J connectivity index is 1.36. The number of hydrogen-bond acceptors (Lipinski definition) is 5. The van der Waals surface area contributed by atoms with Gasteiger partial charge in [0, 0.05) is 61.9 Å². The zero-order chi connectivity index (χ0) is 24.6. The Hall–Kier alpha value is -3.59. The summed E-state index contributed by atoms with van der Waals surface area (Å²) in [6.45, 7) is 6.66. The van der Waals surface area contributed by atoms with Crippen LogP contribution in [0.3, 0.4) is 0 Å². The third kappa shape index (κ3) is 4.95. The van der Waals surface area contributed by atoms with Gasteiger partial charge in [-0.05, 0) is 37.7 Å². The van der Waals surface area contributed by atoms with Gasteiger partial charge in [-0.15, -0.1) is 0 Å². The van der Waals surface area contributed by atoms with Crippen LogP contribution >= 0.6 is 0 Å². The number of benzene rings is 2. The fourth-order valence-corrected chi connectivity index (χ4v) is 4.27. The maximum atomic E-state index is 12.8. The molecule has 0 N–H and O–H groups in total. The molecule has 0 spiro atoms. The normalized spacial score (nSPS) is 15.1. The lowest BCUT2D eigenvalue weighted by Crippen LogP contribution is -2.44. The molecule has 0 aliphatic carbocycles. The van der Waals surface area contributed by atoms with Crippen molar-refractivity contribution in [3.8, 4) is 22.8 Å². The van der Waals surface area contributed by atoms with E-state index in [1.807, 2.05) is 31.3 Å². The molecular formula is C26H25F3N5O. The van der Waals surface area contributed by atoms with Crippen LogP contribution in [-0.2, 0) is 12.7 Å². The molecule has 1 aliphatic rings. The van der Waals surface area contributed by atoms with Crippen molar-refractivity contribution in [2.24, 2.45) is 0 Å². The summed E-state index contributed by atoms with van der Waals surface area (Å²) in [5.74, 6) is 0.565. The number of aryl methyl sites for hydroxylation is 1. The van der Waals surface area contributed by atoms with Gasteiger partial charge in [-0.2, -0.15) is 18.2 Å². The van der Waals surface area contributed by atoms with Crippen LogP contribution in [-0.4, -0.2) is 52.8 Å². The predicted molar refractivity (Wildman–Crippen MR) is 127 cm³/mol. The highest BCUT2D eigenvalue weighted by atomic mass is 19.4. The minimum atomic E-state index is -4.39. The summed E-state index contributed by atoms with van der Waals surface area (Å²) in [5.41, 5.74) is 3.83. The van der Waals surface area contributed by atoms with Crippen LogP contribution in [0, 0.1) is 13.0 Å². The Kier molecular flexibility index (Phi) is 6.10. The van der Waals surface area contributed by atoms with E-state index in [1.165, 1.54) is 17.7 Å². The molecule has 181 valence electrons. The summed E-state index contributed by atoms with van der Waals surface area (Å²) in [5, 5.41) is 3.97. The number of alkyl halides is 3. The van der Waals surface area contributed by atoms with Gasteiger partial charge in [0.15, 0.2) is 0 Å². The summed E-state index contributed by atoms with van der Waals surface area (Å²) in [6, 6.07) is 16.2. The monoisotopic (exact) mass is 480 g/mol. The Labute approximate surface area is 201 Å². The zero-order valence-electron chi connectivity index (χ0n) is 19.5. The molecule has 5 rings (SSSR count). The number of halogens is 3. The number of rotatable bonds is 5. The standard InChI is InChI=1S/C26H25F3N5O/c1-18-15-21(25-30-24(31-35-25)19-7-9-22(10-8-19)26(27,28)29)17-34(18)16-20-5-3-4-6-23(20)33-13-11-32(2)12-14-33/h3-5,7-10,15,17H,11-14,16H2,1-2H3. The van der Waals surface area contributed by atoms with E-state index in [2.05, 4.69) is 43.7 Å². The van der Waals surface area contributed by atoms with Crippen molar-refractivity contribution in [1.82, 2.24) is 19.6 Å². The first kappa shape index (κ1) is 23.2. The molecule has 35 heavy (non-hydrogen) atoms. The summed E-state index contributed by atoms with van der Waals surface area (Å²) < 4.78 is 46.1. The third-order valence-corrected chi connectivity index (χ3v) is 6.33. The first-order chi connectivity index (χ1) is 16.8. The van der Waals surface area contributed by atoms with Crippen LogP contribution < -0.4 is 4.90 Å². The maximum Gasteiger partial charge on any atom is 0.416 e. The SMILES string of the molecule is Cc1cc(-c2nc(-c3ccc(C(F)(F)F)cc3)no2)cn1Cc1ccc[c]c1N1CCN(C)CC1. The van der Waals surface area contributed by atoms with E-state index in [0.29, 0.717) is 18.0 Å². The van der Waals surface area contributed by atoms with E-state index in [4.69, 9.17) is 4.52 Å². The first-order valence-electron chi connectivity index (χ1n) is 11.4. The van der Waals surface area contributed by atoms with E-state index in [9.17, 15) is 13.2 Å². The first-order valence-corrected chi connectivity index (χ1v) is 11.4. The van der Waals surface area contributed by atoms with Crippen molar-refractivity contribution < 1.29 is 17.7 Å². The molecule has 0 saturated carbocycles. The van der Waals surface area contributed by atoms with Crippen molar-refractivity contribution >= 4 is 5.69 Å². The maximum absolute atomic E-state index is 12.8. The average Bonchev–Trinajstić information content (AvgIpc) is 3.47. The van der Waals surface area contributed by atoms with Gasteiger partial charge in [-0.25, -0.2) is 0 Å². The minimum absolute atomic E-state index is 0.245. The summed E-state index contributed by atoms with van der Waals surface area (Å²) >= 11 is 0. The summed E-state index contributed by atoms with van der Waals surface area (Å²) in [7, 11) is 2.14. The highest BCUT2D eigenvalue weighted by molar-refractivity contribution is 5.61. The van der Waals surface area contributed by atoms with Gasteiger partial charge in [0.05, 0.1) is 11.1 Å². The number of nitrogens with zero attached hydrogens (tertiary/aromatic N) is 5. The van der Waals surface area contributed by atoms with Crippen molar-refractivity contribution in [3.05, 3.63) is 77.6 Å². The quantitative estimate of drug-likeness (QED) is 0.396. The van der Waals surface area contributed by atoms with Crippen molar-refractivity contribution in [2.45, 2.75) is 19.6 Å². The molecule has 1 fully saturated rings. The topological polar surface area (TPSA) is 50.3 Å². The zero-order valence-corrected chi connectivity index (χ0v) is 19.5. The fourth-order valence-electron chi connectivity index (χ4n) is 4.27. The Morgan fingerprint density at radius 1 is 1.03 bits per heavy atom. The Bertz CT molecular complexity index is 1300. The van der Waals surface area contributed by atoms with E-state index in [0.717, 1.165) is 55.3 Å². The lowest BCUT2D eigenvalue weighted by Gasteiger charge is -2.35. The van der Waals surface area contributed by atoms with Crippen molar-refractivity contribution in [2.75, 3.05) is 38.1 Å². The third-order valence-electron chi connectivity index (χ3n) is 6.33. The van der Waals surface area contributed by atoms with E-state index in [1.54, 1.807) is 0 Å². The highest BCUT2D eigenvalue weighted by Gasteiger charge is 2.30. The second kappa shape index (κ2) is 9.22. The summed E-state index contributed by atoms with van der Waals surface area (Å²) in [6.07, 6.45) is -2.43. The second-order valence-electron chi connectivity index (χ2n) is 8.83. The number of aromatic nitrogens is 3. The molecule has 0 unspecified atom stereocenters. The molecule has 1 saturated heterocycles. The van der Waals surface area contributed by atoms with Crippen LogP contribution in [0.4, 0.5) is 18.9 Å². The highest BCUT2D eigenvalue weighted by Crippen LogP contribution is 2.31. The molecule has 0 atom stereocenters. The molecule has 0 amide bonds. The Morgan fingerprint density at radius 2 is 1.77 bits per heavy atom. The Morgan fingerprint density at radius 3 is 2.49 bits per heavy atom. The molecule has 4 aromatic rings. The number of hydrogen-bond donors (Lipinski definition) is 0. The molecule has 3 heterocycles. The molecule has 1 radical (unpaired) electrons. The molecule has 6 nitrogen and oxygen atoms in total. The van der Waals surface area contributed by atoms with Crippen LogP contribution in [0.15, 0.2) is 59.3 Å². The van der Waals surface area contributed by atoms with Crippen LogP contribution in [0.5, 0.6) is 0 Å². The van der Waals surface area contributed by atoms with Crippen molar-refractivity contribution in [3.63, 3.8) is 0 Å². The lowest BCUT2D eigenvalue weighted by molar-refractivity contribution is -0.137. The summed E-state index contributed by atoms with van der Waals surface area (Å²) in [4.78, 5) is 9.11. The van der Waals surface area contributed by atoms with Gasteiger partial charge in [0.2, 0.25) is 5.82 Å². The average molecular weight is 481 g/mol. The van der Waals surface area contributed by atoms with Gasteiger partial charge >= 0.3 is 6.18 Å².